The summed E-state index contributed by atoms with van der Waals surface area (Å²) < 4.78 is 14.0. The summed E-state index contributed by atoms with van der Waals surface area (Å²) in [4.78, 5) is 9.62. The van der Waals surface area contributed by atoms with Gasteiger partial charge in [-0.05, 0) is 43.0 Å². The van der Waals surface area contributed by atoms with E-state index in [1.54, 1.807) is 0 Å². The summed E-state index contributed by atoms with van der Waals surface area (Å²) in [5.74, 6) is -0.201. The van der Waals surface area contributed by atoms with Gasteiger partial charge in [0.1, 0.15) is 0 Å². The van der Waals surface area contributed by atoms with Gasteiger partial charge in [-0.25, -0.2) is 9.37 Å². The van der Waals surface area contributed by atoms with Gasteiger partial charge in [0.2, 0.25) is 5.28 Å². The van der Waals surface area contributed by atoms with Crippen LogP contribution in [0.1, 0.15) is 18.9 Å². The molecule has 1 aliphatic heterocycles. The Bertz CT molecular complexity index is 617. The fourth-order valence-corrected chi connectivity index (χ4v) is 2.65. The molecular weight excluding hydrogens is 265 g/mol. The van der Waals surface area contributed by atoms with Gasteiger partial charge < -0.3 is 4.90 Å². The highest BCUT2D eigenvalue weighted by atomic mass is 35.5. The molecule has 1 aliphatic rings. The van der Waals surface area contributed by atoms with Crippen LogP contribution in [0.15, 0.2) is 30.5 Å². The van der Waals surface area contributed by atoms with E-state index in [9.17, 15) is 4.39 Å². The van der Waals surface area contributed by atoms with Crippen LogP contribution in [0, 0.1) is 5.82 Å². The van der Waals surface area contributed by atoms with Gasteiger partial charge in [0.25, 0.3) is 0 Å². The first-order chi connectivity index (χ1) is 9.16. The lowest BCUT2D eigenvalue weighted by atomic mass is 9.96. The van der Waals surface area contributed by atoms with E-state index in [0.29, 0.717) is 0 Å². The molecule has 2 aromatic rings. The van der Waals surface area contributed by atoms with E-state index in [-0.39, 0.29) is 17.1 Å². The normalized spacial score (nSPS) is 18.3. The molecule has 0 spiro atoms. The van der Waals surface area contributed by atoms with E-state index in [1.165, 1.54) is 5.56 Å². The first kappa shape index (κ1) is 12.4. The molecule has 0 fully saturated rings. The summed E-state index contributed by atoms with van der Waals surface area (Å²) in [6.07, 6.45) is 3.07. The van der Waals surface area contributed by atoms with Gasteiger partial charge in [0.15, 0.2) is 11.6 Å². The average molecular weight is 278 g/mol. The number of nitrogens with zero attached hydrogens (tertiary/aromatic N) is 3. The molecule has 0 amide bonds. The van der Waals surface area contributed by atoms with Gasteiger partial charge in [-0.3, -0.25) is 0 Å². The van der Waals surface area contributed by atoms with Crippen LogP contribution in [0.4, 0.5) is 15.9 Å². The summed E-state index contributed by atoms with van der Waals surface area (Å²) in [6.45, 7) is 2.06. The van der Waals surface area contributed by atoms with E-state index in [1.807, 2.05) is 23.1 Å². The molecule has 0 radical (unpaired) electrons. The molecule has 1 atom stereocenters. The van der Waals surface area contributed by atoms with Crippen molar-refractivity contribution in [2.45, 2.75) is 25.8 Å². The molecule has 0 bridgehead atoms. The van der Waals surface area contributed by atoms with Crippen LogP contribution >= 0.6 is 11.6 Å². The maximum atomic E-state index is 14.0. The fourth-order valence-electron chi connectivity index (χ4n) is 2.52. The molecule has 19 heavy (non-hydrogen) atoms. The molecule has 0 saturated heterocycles. The summed E-state index contributed by atoms with van der Waals surface area (Å²) in [5, 5.41) is 0.0617. The molecule has 0 aliphatic carbocycles. The lowest BCUT2D eigenvalue weighted by Crippen LogP contribution is -2.34. The molecule has 3 nitrogen and oxygen atoms in total. The van der Waals surface area contributed by atoms with Gasteiger partial charge in [0.05, 0.1) is 6.20 Å². The van der Waals surface area contributed by atoms with Gasteiger partial charge in [-0.2, -0.15) is 4.98 Å². The number of benzene rings is 1. The van der Waals surface area contributed by atoms with Crippen molar-refractivity contribution in [1.29, 1.82) is 0 Å². The number of hydrogen-bond donors (Lipinski definition) is 0. The fraction of sp³-hybridized carbons (Fsp3) is 0.286. The first-order valence-electron chi connectivity index (χ1n) is 6.22. The Balaban J connectivity index is 2.16. The molecule has 3 rings (SSSR count). The van der Waals surface area contributed by atoms with E-state index < -0.39 is 5.82 Å². The Hall–Kier alpha value is -1.68. The quantitative estimate of drug-likeness (QED) is 0.744. The average Bonchev–Trinajstić information content (AvgIpc) is 2.42. The van der Waals surface area contributed by atoms with Crippen LogP contribution < -0.4 is 4.90 Å². The van der Waals surface area contributed by atoms with Gasteiger partial charge >= 0.3 is 0 Å². The third-order valence-electron chi connectivity index (χ3n) is 3.45. The zero-order valence-corrected chi connectivity index (χ0v) is 11.2. The molecule has 1 aromatic heterocycles. The molecule has 1 unspecified atom stereocenters. The van der Waals surface area contributed by atoms with Crippen molar-refractivity contribution >= 4 is 23.1 Å². The minimum absolute atomic E-state index is 0.0617. The second kappa shape index (κ2) is 4.78. The van der Waals surface area contributed by atoms with Crippen LogP contribution in [0.3, 0.4) is 0 Å². The molecule has 5 heteroatoms. The lowest BCUT2D eigenvalue weighted by molar-refractivity contribution is 0.572. The minimum atomic E-state index is -0.451. The SMILES string of the molecule is CC1CCc2ccccc2N1c1nc(Cl)ncc1F. The van der Waals surface area contributed by atoms with Crippen molar-refractivity contribution in [2.75, 3.05) is 4.90 Å². The van der Waals surface area contributed by atoms with E-state index in [4.69, 9.17) is 11.6 Å². The Morgan fingerprint density at radius 3 is 3.00 bits per heavy atom. The predicted octanol–water partition coefficient (Wildman–Crippen LogP) is 3.74. The van der Waals surface area contributed by atoms with Crippen molar-refractivity contribution in [1.82, 2.24) is 9.97 Å². The number of halogens is 2. The largest absolute Gasteiger partial charge is 0.321 e. The zero-order valence-electron chi connectivity index (χ0n) is 10.5. The van der Waals surface area contributed by atoms with Crippen LogP contribution in [-0.4, -0.2) is 16.0 Å². The number of hydrogen-bond acceptors (Lipinski definition) is 3. The Morgan fingerprint density at radius 1 is 1.37 bits per heavy atom. The lowest BCUT2D eigenvalue weighted by Gasteiger charge is -2.36. The number of anilines is 2. The minimum Gasteiger partial charge on any atom is -0.321 e. The van der Waals surface area contributed by atoms with E-state index in [0.717, 1.165) is 24.7 Å². The summed E-state index contributed by atoms with van der Waals surface area (Å²) >= 11 is 5.80. The second-order valence-electron chi connectivity index (χ2n) is 4.70. The van der Waals surface area contributed by atoms with Crippen molar-refractivity contribution in [3.63, 3.8) is 0 Å². The van der Waals surface area contributed by atoms with Gasteiger partial charge in [0, 0.05) is 11.7 Å². The highest BCUT2D eigenvalue weighted by molar-refractivity contribution is 6.28. The highest BCUT2D eigenvalue weighted by Crippen LogP contribution is 2.36. The Labute approximate surface area is 116 Å². The van der Waals surface area contributed by atoms with Crippen LogP contribution in [0.5, 0.6) is 0 Å². The number of rotatable bonds is 1. The first-order valence-corrected chi connectivity index (χ1v) is 6.60. The van der Waals surface area contributed by atoms with E-state index >= 15 is 0 Å². The number of aryl methyl sites for hydroxylation is 1. The molecule has 0 saturated carbocycles. The van der Waals surface area contributed by atoms with Gasteiger partial charge in [-0.15, -0.1) is 0 Å². The second-order valence-corrected chi connectivity index (χ2v) is 5.04. The van der Waals surface area contributed by atoms with Crippen LogP contribution in [-0.2, 0) is 6.42 Å². The Morgan fingerprint density at radius 2 is 2.16 bits per heavy atom. The Kier molecular flexibility index (Phi) is 3.11. The monoisotopic (exact) mass is 277 g/mol. The van der Waals surface area contributed by atoms with E-state index in [2.05, 4.69) is 23.0 Å². The summed E-state index contributed by atoms with van der Waals surface area (Å²) in [6, 6.07) is 8.17. The topological polar surface area (TPSA) is 29.0 Å². The van der Waals surface area contributed by atoms with Crippen molar-refractivity contribution in [2.24, 2.45) is 0 Å². The van der Waals surface area contributed by atoms with Crippen molar-refractivity contribution in [3.05, 3.63) is 47.1 Å². The third kappa shape index (κ3) is 2.16. The molecular formula is C14H13ClFN3. The predicted molar refractivity (Wildman–Crippen MR) is 73.4 cm³/mol. The standard InChI is InChI=1S/C14H13ClFN3/c1-9-6-7-10-4-2-3-5-12(10)19(9)13-11(16)8-17-14(15)18-13/h2-5,8-9H,6-7H2,1H3. The molecule has 98 valence electrons. The highest BCUT2D eigenvalue weighted by Gasteiger charge is 2.27. The molecule has 2 heterocycles. The number of para-hydroxylation sites is 1. The number of aromatic nitrogens is 2. The smallest absolute Gasteiger partial charge is 0.224 e. The number of fused-ring (bicyclic) bond motifs is 1. The summed E-state index contributed by atoms with van der Waals surface area (Å²) in [5.41, 5.74) is 2.20. The van der Waals surface area contributed by atoms with Crippen LogP contribution in [0.25, 0.3) is 0 Å². The third-order valence-corrected chi connectivity index (χ3v) is 3.63. The molecule has 1 aromatic carbocycles. The van der Waals surface area contributed by atoms with Crippen molar-refractivity contribution in [3.8, 4) is 0 Å². The maximum absolute atomic E-state index is 14.0. The summed E-state index contributed by atoms with van der Waals surface area (Å²) in [7, 11) is 0. The zero-order chi connectivity index (χ0) is 13.4. The van der Waals surface area contributed by atoms with Crippen molar-refractivity contribution < 1.29 is 4.39 Å². The van der Waals surface area contributed by atoms with Crippen LogP contribution in [0.2, 0.25) is 5.28 Å². The van der Waals surface area contributed by atoms with Gasteiger partial charge in [-0.1, -0.05) is 18.2 Å². The molecule has 0 N–H and O–H groups in total. The maximum Gasteiger partial charge on any atom is 0.224 e.